The van der Waals surface area contributed by atoms with Crippen molar-refractivity contribution in [2.45, 2.75) is 37.6 Å². The quantitative estimate of drug-likeness (QED) is 0.458. The Morgan fingerprint density at radius 3 is 2.90 bits per heavy atom. The average Bonchev–Trinajstić information content (AvgIpc) is 3.24. The minimum absolute atomic E-state index is 0.0643. The van der Waals surface area contributed by atoms with E-state index in [1.807, 2.05) is 6.07 Å². The van der Waals surface area contributed by atoms with Crippen molar-refractivity contribution in [2.24, 2.45) is 11.8 Å². The third kappa shape index (κ3) is 2.82. The lowest BCUT2D eigenvalue weighted by Crippen LogP contribution is -2.53. The second-order valence-corrected chi connectivity index (χ2v) is 8.20. The van der Waals surface area contributed by atoms with Crippen molar-refractivity contribution < 1.29 is 24.2 Å². The van der Waals surface area contributed by atoms with Crippen LogP contribution in [0.5, 0.6) is 5.75 Å². The van der Waals surface area contributed by atoms with Gasteiger partial charge in [-0.15, -0.1) is 0 Å². The maximum atomic E-state index is 13.2. The first kappa shape index (κ1) is 19.8. The molecule has 1 aromatic carbocycles. The van der Waals surface area contributed by atoms with Gasteiger partial charge in [0.15, 0.2) is 0 Å². The molecule has 0 unspecified atom stereocenters. The highest BCUT2D eigenvalue weighted by Gasteiger charge is 2.61. The highest BCUT2D eigenvalue weighted by atomic mass is 16.5. The number of phenols is 1. The predicted octanol–water partition coefficient (Wildman–Crippen LogP) is 2.41. The van der Waals surface area contributed by atoms with Crippen molar-refractivity contribution in [3.63, 3.8) is 0 Å². The van der Waals surface area contributed by atoms with Crippen LogP contribution in [0.1, 0.15) is 31.7 Å². The molecule has 0 bridgehead atoms. The Hall–Kier alpha value is -2.54. The molecule has 2 saturated heterocycles. The zero-order valence-electron chi connectivity index (χ0n) is 17.1. The molecular formula is C22H28N2O5. The molecule has 3 aliphatic heterocycles. The van der Waals surface area contributed by atoms with Gasteiger partial charge in [0.25, 0.3) is 0 Å². The van der Waals surface area contributed by atoms with E-state index in [-0.39, 0.29) is 29.5 Å². The predicted molar refractivity (Wildman–Crippen MR) is 107 cm³/mol. The van der Waals surface area contributed by atoms with E-state index in [1.165, 1.54) is 20.5 Å². The summed E-state index contributed by atoms with van der Waals surface area (Å²) in [5.74, 6) is -0.125. The van der Waals surface area contributed by atoms with Gasteiger partial charge in [0, 0.05) is 23.8 Å². The number of hydrogen-bond donors (Lipinski definition) is 2. The van der Waals surface area contributed by atoms with Crippen LogP contribution in [-0.2, 0) is 24.5 Å². The maximum absolute atomic E-state index is 13.2. The van der Waals surface area contributed by atoms with Crippen LogP contribution in [0.2, 0.25) is 0 Å². The largest absolute Gasteiger partial charge is 0.508 e. The van der Waals surface area contributed by atoms with Gasteiger partial charge in [-0.2, -0.15) is 0 Å². The summed E-state index contributed by atoms with van der Waals surface area (Å²) in [6, 6.07) is 5.12. The smallest absolute Gasteiger partial charge is 0.337 e. The average molecular weight is 400 g/mol. The Bertz CT molecular complexity index is 867. The molecule has 0 aliphatic carbocycles. The Morgan fingerprint density at radius 1 is 1.41 bits per heavy atom. The molecule has 1 spiro atoms. The Morgan fingerprint density at radius 2 is 2.21 bits per heavy atom. The normalized spacial score (nSPS) is 31.3. The highest BCUT2D eigenvalue weighted by Crippen LogP contribution is 2.55. The van der Waals surface area contributed by atoms with Gasteiger partial charge in [0.1, 0.15) is 5.75 Å². The number of carbonyl (C=O) groups excluding carboxylic acids is 2. The molecule has 1 amide bonds. The molecular weight excluding hydrogens is 372 g/mol. The summed E-state index contributed by atoms with van der Waals surface area (Å²) < 4.78 is 10.2. The van der Waals surface area contributed by atoms with Gasteiger partial charge in [-0.05, 0) is 43.4 Å². The molecule has 29 heavy (non-hydrogen) atoms. The topological polar surface area (TPSA) is 88.1 Å². The lowest BCUT2D eigenvalue weighted by molar-refractivity contribution is -0.137. The fourth-order valence-electron chi connectivity index (χ4n) is 5.73. The molecule has 0 radical (unpaired) electrons. The van der Waals surface area contributed by atoms with Gasteiger partial charge in [-0.3, -0.25) is 9.69 Å². The number of fused-ring (bicyclic) bond motifs is 4. The summed E-state index contributed by atoms with van der Waals surface area (Å²) in [6.07, 6.45) is 3.67. The van der Waals surface area contributed by atoms with Crippen LogP contribution >= 0.6 is 0 Å². The lowest BCUT2D eigenvalue weighted by Gasteiger charge is -2.45. The van der Waals surface area contributed by atoms with Gasteiger partial charge in [-0.1, -0.05) is 19.4 Å². The fraction of sp³-hybridized carbons (Fsp3) is 0.545. The van der Waals surface area contributed by atoms with E-state index in [0.717, 1.165) is 19.5 Å². The number of hydrogen-bond acceptors (Lipinski definition) is 6. The van der Waals surface area contributed by atoms with Crippen LogP contribution in [0.25, 0.3) is 0 Å². The first-order valence-corrected chi connectivity index (χ1v) is 10.2. The van der Waals surface area contributed by atoms with Crippen LogP contribution in [0.3, 0.4) is 0 Å². The highest BCUT2D eigenvalue weighted by molar-refractivity contribution is 6.08. The molecule has 4 rings (SSSR count). The van der Waals surface area contributed by atoms with Crippen molar-refractivity contribution in [3.8, 4) is 5.75 Å². The third-order valence-electron chi connectivity index (χ3n) is 7.05. The fourth-order valence-corrected chi connectivity index (χ4v) is 5.73. The molecule has 1 aromatic rings. The summed E-state index contributed by atoms with van der Waals surface area (Å²) in [7, 11) is 2.90. The van der Waals surface area contributed by atoms with Crippen molar-refractivity contribution in [3.05, 3.63) is 35.6 Å². The molecule has 3 heterocycles. The Labute approximate surface area is 170 Å². The second-order valence-electron chi connectivity index (χ2n) is 8.20. The van der Waals surface area contributed by atoms with Crippen LogP contribution in [0.4, 0.5) is 5.69 Å². The SMILES string of the molecule is CC[C@@H]1CN2CC[C@]3(C(=O)Nc4cccc(O)c43)[C@@H]2C[C@@H]1/C(=C/OC)C(=O)OC. The molecule has 0 saturated carbocycles. The lowest BCUT2D eigenvalue weighted by atomic mass is 9.67. The molecule has 156 valence electrons. The molecule has 2 fully saturated rings. The van der Waals surface area contributed by atoms with E-state index in [0.29, 0.717) is 29.7 Å². The van der Waals surface area contributed by atoms with Gasteiger partial charge in [0.2, 0.25) is 5.91 Å². The number of phenolic OH excluding ortho intramolecular Hbond substituents is 1. The standard InChI is InChI=1S/C22H28N2O5/c1-4-13-11-24-9-8-22(19-16(23-21(22)27)6-5-7-17(19)25)18(24)10-14(13)15(12-28-2)20(26)29-3/h5-7,12-14,18,25H,4,8-11H2,1-3H3,(H,23,27)/b15-12-/t13-,14+,18+,22+/m1/s1. The number of anilines is 1. The molecule has 4 atom stereocenters. The molecule has 3 aliphatic rings. The number of carbonyl (C=O) groups is 2. The van der Waals surface area contributed by atoms with Crippen molar-refractivity contribution >= 4 is 17.6 Å². The maximum Gasteiger partial charge on any atom is 0.337 e. The Balaban J connectivity index is 1.77. The molecule has 7 heteroatoms. The van der Waals surface area contributed by atoms with Crippen molar-refractivity contribution in [1.82, 2.24) is 4.90 Å². The van der Waals surface area contributed by atoms with Gasteiger partial charge in [-0.25, -0.2) is 4.79 Å². The van der Waals surface area contributed by atoms with E-state index >= 15 is 0 Å². The summed E-state index contributed by atoms with van der Waals surface area (Å²) in [4.78, 5) is 28.1. The van der Waals surface area contributed by atoms with E-state index in [1.54, 1.807) is 12.1 Å². The first-order chi connectivity index (χ1) is 14.0. The summed E-state index contributed by atoms with van der Waals surface area (Å²) in [5.41, 5.74) is 1.10. The van der Waals surface area contributed by atoms with Gasteiger partial charge < -0.3 is 19.9 Å². The minimum Gasteiger partial charge on any atom is -0.508 e. The number of amides is 1. The Kier molecular flexibility index (Phi) is 5.02. The number of nitrogens with one attached hydrogen (secondary N) is 1. The van der Waals surface area contributed by atoms with Crippen LogP contribution < -0.4 is 5.32 Å². The number of aromatic hydroxyl groups is 1. The zero-order chi connectivity index (χ0) is 20.8. The number of methoxy groups -OCH3 is 2. The second kappa shape index (κ2) is 7.37. The number of nitrogens with zero attached hydrogens (tertiary/aromatic N) is 1. The number of esters is 1. The van der Waals surface area contributed by atoms with Crippen LogP contribution in [0.15, 0.2) is 30.0 Å². The molecule has 0 aromatic heterocycles. The summed E-state index contributed by atoms with van der Waals surface area (Å²) in [5, 5.41) is 13.6. The van der Waals surface area contributed by atoms with E-state index in [9.17, 15) is 14.7 Å². The van der Waals surface area contributed by atoms with Crippen LogP contribution in [0, 0.1) is 11.8 Å². The first-order valence-electron chi connectivity index (χ1n) is 10.2. The van der Waals surface area contributed by atoms with Gasteiger partial charge in [0.05, 0.1) is 31.5 Å². The number of piperidine rings is 1. The molecule has 2 N–H and O–H groups in total. The number of benzene rings is 1. The van der Waals surface area contributed by atoms with E-state index in [4.69, 9.17) is 9.47 Å². The van der Waals surface area contributed by atoms with Gasteiger partial charge >= 0.3 is 5.97 Å². The zero-order valence-corrected chi connectivity index (χ0v) is 17.1. The number of ether oxygens (including phenoxy) is 2. The van der Waals surface area contributed by atoms with E-state index in [2.05, 4.69) is 17.1 Å². The minimum atomic E-state index is -0.800. The monoisotopic (exact) mass is 400 g/mol. The summed E-state index contributed by atoms with van der Waals surface area (Å²) in [6.45, 7) is 3.70. The number of rotatable bonds is 4. The van der Waals surface area contributed by atoms with Crippen molar-refractivity contribution in [2.75, 3.05) is 32.6 Å². The third-order valence-corrected chi connectivity index (χ3v) is 7.05. The van der Waals surface area contributed by atoms with E-state index < -0.39 is 11.4 Å². The summed E-state index contributed by atoms with van der Waals surface area (Å²) >= 11 is 0. The van der Waals surface area contributed by atoms with Crippen LogP contribution in [-0.4, -0.2) is 55.2 Å². The van der Waals surface area contributed by atoms with Crippen molar-refractivity contribution in [1.29, 1.82) is 0 Å². The molecule has 7 nitrogen and oxygen atoms in total.